The number of rotatable bonds is 0. The van der Waals surface area contributed by atoms with Crippen molar-refractivity contribution in [2.24, 2.45) is 0 Å². The van der Waals surface area contributed by atoms with Crippen LogP contribution in [0, 0.1) is 3.57 Å². The predicted molar refractivity (Wildman–Crippen MR) is 66.7 cm³/mol. The summed E-state index contributed by atoms with van der Waals surface area (Å²) < 4.78 is 3.50. The number of nitrogens with two attached hydrogens (primary N) is 1. The van der Waals surface area contributed by atoms with Crippen molar-refractivity contribution >= 4 is 64.9 Å². The topological polar surface area (TPSA) is 26.0 Å². The van der Waals surface area contributed by atoms with Gasteiger partial charge < -0.3 is 5.73 Å². The summed E-state index contributed by atoms with van der Waals surface area (Å²) in [5.74, 6) is 0. The number of halogens is 2. The van der Waals surface area contributed by atoms with Crippen LogP contribution in [0.3, 0.4) is 0 Å². The highest BCUT2D eigenvalue weighted by molar-refractivity contribution is 14.1. The molecule has 0 bridgehead atoms. The third-order valence-electron chi connectivity index (χ3n) is 1.61. The van der Waals surface area contributed by atoms with Gasteiger partial charge in [0.15, 0.2) is 0 Å². The van der Waals surface area contributed by atoms with Gasteiger partial charge >= 0.3 is 0 Å². The van der Waals surface area contributed by atoms with Gasteiger partial charge in [-0.15, -0.1) is 11.3 Å². The lowest BCUT2D eigenvalue weighted by atomic mass is 10.3. The van der Waals surface area contributed by atoms with E-state index in [0.717, 1.165) is 9.47 Å². The van der Waals surface area contributed by atoms with Gasteiger partial charge in [0.05, 0.1) is 4.47 Å². The molecule has 0 fully saturated rings. The Kier molecular flexibility index (Phi) is 2.31. The minimum Gasteiger partial charge on any atom is -0.390 e. The molecule has 0 amide bonds. The number of hydrogen-bond donors (Lipinski definition) is 1. The van der Waals surface area contributed by atoms with Crippen LogP contribution in [0.1, 0.15) is 0 Å². The Morgan fingerprint density at radius 2 is 2.17 bits per heavy atom. The molecule has 1 heterocycles. The summed E-state index contributed by atoms with van der Waals surface area (Å²) in [5, 5.41) is 2.07. The molecule has 0 saturated heterocycles. The van der Waals surface area contributed by atoms with Gasteiger partial charge in [0.2, 0.25) is 0 Å². The smallest absolute Gasteiger partial charge is 0.101 e. The van der Waals surface area contributed by atoms with Gasteiger partial charge in [0.1, 0.15) is 5.00 Å². The number of benzene rings is 1. The molecule has 2 aromatic rings. The van der Waals surface area contributed by atoms with E-state index < -0.39 is 0 Å². The maximum Gasteiger partial charge on any atom is 0.101 e. The molecule has 12 heavy (non-hydrogen) atoms. The van der Waals surface area contributed by atoms with E-state index in [0.29, 0.717) is 0 Å². The van der Waals surface area contributed by atoms with Crippen molar-refractivity contribution in [2.45, 2.75) is 0 Å². The van der Waals surface area contributed by atoms with Crippen molar-refractivity contribution in [1.82, 2.24) is 0 Å². The third-order valence-corrected chi connectivity index (χ3v) is 4.40. The quantitative estimate of drug-likeness (QED) is 0.715. The number of nitrogen functional groups attached to an aromatic ring is 1. The zero-order valence-electron chi connectivity index (χ0n) is 5.97. The lowest BCUT2D eigenvalue weighted by Gasteiger charge is -1.91. The van der Waals surface area contributed by atoms with Gasteiger partial charge in [-0.25, -0.2) is 0 Å². The minimum atomic E-state index is 0.854. The highest BCUT2D eigenvalue weighted by Gasteiger charge is 2.06. The van der Waals surface area contributed by atoms with Gasteiger partial charge in [-0.1, -0.05) is 0 Å². The maximum absolute atomic E-state index is 5.77. The summed E-state index contributed by atoms with van der Waals surface area (Å²) in [6.45, 7) is 0. The Morgan fingerprint density at radius 1 is 1.42 bits per heavy atom. The largest absolute Gasteiger partial charge is 0.390 e. The molecule has 1 aromatic heterocycles. The molecule has 0 atom stereocenters. The summed E-state index contributed by atoms with van der Waals surface area (Å²) in [6, 6.07) is 6.32. The monoisotopic (exact) mass is 353 g/mol. The molecule has 0 unspecified atom stereocenters. The van der Waals surface area contributed by atoms with Crippen LogP contribution in [0.2, 0.25) is 0 Å². The number of anilines is 1. The lowest BCUT2D eigenvalue weighted by molar-refractivity contribution is 1.74. The molecular weight excluding hydrogens is 349 g/mol. The number of thiophene rings is 1. The van der Waals surface area contributed by atoms with Crippen molar-refractivity contribution in [3.8, 4) is 0 Å². The first kappa shape index (κ1) is 8.77. The average molecular weight is 354 g/mol. The van der Waals surface area contributed by atoms with Gasteiger partial charge in [0, 0.05) is 13.7 Å². The van der Waals surface area contributed by atoms with E-state index in [9.17, 15) is 0 Å². The molecule has 1 aromatic carbocycles. The Balaban J connectivity index is 2.88. The van der Waals surface area contributed by atoms with Crippen LogP contribution in [-0.4, -0.2) is 0 Å². The number of hydrogen-bond acceptors (Lipinski definition) is 2. The van der Waals surface area contributed by atoms with E-state index in [1.165, 1.54) is 13.7 Å². The summed E-state index contributed by atoms with van der Waals surface area (Å²) >= 11 is 7.38. The zero-order valence-corrected chi connectivity index (χ0v) is 10.5. The summed E-state index contributed by atoms with van der Waals surface area (Å²) in [6.07, 6.45) is 0. The fourth-order valence-corrected chi connectivity index (χ4v) is 3.10. The van der Waals surface area contributed by atoms with E-state index in [-0.39, 0.29) is 0 Å². The molecule has 62 valence electrons. The SMILES string of the molecule is Nc1sc2ccc(I)cc2c1Br. The minimum absolute atomic E-state index is 0.854. The summed E-state index contributed by atoms with van der Waals surface area (Å²) in [4.78, 5) is 0. The van der Waals surface area contributed by atoms with Crippen LogP contribution in [0.5, 0.6) is 0 Å². The summed E-state index contributed by atoms with van der Waals surface area (Å²) in [5.41, 5.74) is 5.77. The first-order valence-corrected chi connectivity index (χ1v) is 6.00. The molecule has 0 saturated carbocycles. The van der Waals surface area contributed by atoms with E-state index in [2.05, 4.69) is 56.7 Å². The van der Waals surface area contributed by atoms with E-state index >= 15 is 0 Å². The fourth-order valence-electron chi connectivity index (χ4n) is 1.06. The van der Waals surface area contributed by atoms with E-state index in [4.69, 9.17) is 5.73 Å². The number of fused-ring (bicyclic) bond motifs is 1. The van der Waals surface area contributed by atoms with Gasteiger partial charge in [-0.3, -0.25) is 0 Å². The highest BCUT2D eigenvalue weighted by Crippen LogP contribution is 2.38. The lowest BCUT2D eigenvalue weighted by Crippen LogP contribution is -1.76. The van der Waals surface area contributed by atoms with Crippen molar-refractivity contribution in [3.05, 3.63) is 26.2 Å². The Bertz CT molecular complexity index is 438. The maximum atomic E-state index is 5.77. The molecule has 1 nitrogen and oxygen atoms in total. The molecule has 0 aliphatic heterocycles. The second kappa shape index (κ2) is 3.16. The first-order chi connectivity index (χ1) is 5.68. The zero-order chi connectivity index (χ0) is 8.72. The fraction of sp³-hybridized carbons (Fsp3) is 0. The molecule has 2 N–H and O–H groups in total. The highest BCUT2D eigenvalue weighted by atomic mass is 127. The van der Waals surface area contributed by atoms with Crippen LogP contribution < -0.4 is 5.73 Å². The van der Waals surface area contributed by atoms with E-state index in [1.807, 2.05) is 0 Å². The van der Waals surface area contributed by atoms with Crippen molar-refractivity contribution in [2.75, 3.05) is 5.73 Å². The van der Waals surface area contributed by atoms with Gasteiger partial charge in [-0.05, 0) is 56.7 Å². The summed E-state index contributed by atoms with van der Waals surface area (Å²) in [7, 11) is 0. The van der Waals surface area contributed by atoms with Crippen LogP contribution in [0.4, 0.5) is 5.00 Å². The van der Waals surface area contributed by atoms with Crippen LogP contribution >= 0.6 is 49.9 Å². The predicted octanol–water partition coefficient (Wildman–Crippen LogP) is 3.85. The molecular formula is C8H5BrINS. The molecule has 0 spiro atoms. The third kappa shape index (κ3) is 1.36. The van der Waals surface area contributed by atoms with Crippen LogP contribution in [-0.2, 0) is 0 Å². The molecule has 2 rings (SSSR count). The molecule has 0 radical (unpaired) electrons. The average Bonchev–Trinajstić information content (AvgIpc) is 2.31. The van der Waals surface area contributed by atoms with E-state index in [1.54, 1.807) is 11.3 Å². The standard InChI is InChI=1S/C8H5BrINS/c9-7-5-3-4(10)1-2-6(5)12-8(7)11/h1-3H,11H2. The van der Waals surface area contributed by atoms with Gasteiger partial charge in [-0.2, -0.15) is 0 Å². The van der Waals surface area contributed by atoms with Crippen molar-refractivity contribution in [3.63, 3.8) is 0 Å². The van der Waals surface area contributed by atoms with Crippen molar-refractivity contribution in [1.29, 1.82) is 0 Å². The second-order valence-electron chi connectivity index (χ2n) is 2.42. The van der Waals surface area contributed by atoms with Gasteiger partial charge in [0.25, 0.3) is 0 Å². The Morgan fingerprint density at radius 3 is 2.92 bits per heavy atom. The Hall–Kier alpha value is 0.190. The van der Waals surface area contributed by atoms with Crippen LogP contribution in [0.15, 0.2) is 22.7 Å². The molecule has 0 aliphatic carbocycles. The molecule has 4 heteroatoms. The Labute approximate surface area is 96.2 Å². The first-order valence-electron chi connectivity index (χ1n) is 3.31. The normalized spacial score (nSPS) is 10.8. The second-order valence-corrected chi connectivity index (χ2v) is 5.54. The molecule has 0 aliphatic rings. The van der Waals surface area contributed by atoms with Crippen LogP contribution in [0.25, 0.3) is 10.1 Å². The van der Waals surface area contributed by atoms with Crippen molar-refractivity contribution < 1.29 is 0 Å².